The maximum absolute atomic E-state index is 11.0. The minimum Gasteiger partial charge on any atom is -0.497 e. The number of primary sulfonamides is 1. The highest BCUT2D eigenvalue weighted by atomic mass is 32.2. The van der Waals surface area contributed by atoms with Gasteiger partial charge >= 0.3 is 0 Å². The highest BCUT2D eigenvalue weighted by molar-refractivity contribution is 7.89. The van der Waals surface area contributed by atoms with E-state index in [1.54, 1.807) is 7.11 Å². The van der Waals surface area contributed by atoms with Gasteiger partial charge in [-0.15, -0.1) is 0 Å². The van der Waals surface area contributed by atoms with Crippen LogP contribution in [0.4, 0.5) is 0 Å². The number of methoxy groups -OCH3 is 1. The van der Waals surface area contributed by atoms with Crippen molar-refractivity contribution in [2.75, 3.05) is 33.0 Å². The molecular formula is C14H24N4O3S. The van der Waals surface area contributed by atoms with E-state index >= 15 is 0 Å². The summed E-state index contributed by atoms with van der Waals surface area (Å²) >= 11 is 0. The van der Waals surface area contributed by atoms with Crippen LogP contribution < -0.4 is 15.2 Å². The van der Waals surface area contributed by atoms with Crippen molar-refractivity contribution in [2.45, 2.75) is 13.5 Å². The van der Waals surface area contributed by atoms with E-state index in [1.807, 2.05) is 43.1 Å². The summed E-state index contributed by atoms with van der Waals surface area (Å²) in [6.45, 7) is 3.43. The third kappa shape index (κ3) is 6.77. The van der Waals surface area contributed by atoms with Crippen LogP contribution in [0.5, 0.6) is 5.75 Å². The van der Waals surface area contributed by atoms with Crippen molar-refractivity contribution in [1.29, 1.82) is 0 Å². The SMILES string of the molecule is CCNC(=NCCS(N)(=O)=O)N(C)Cc1ccc(OC)cc1. The molecule has 0 fully saturated rings. The lowest BCUT2D eigenvalue weighted by Gasteiger charge is -2.22. The zero-order valence-electron chi connectivity index (χ0n) is 13.2. The van der Waals surface area contributed by atoms with Crippen LogP contribution in [0.3, 0.4) is 0 Å². The summed E-state index contributed by atoms with van der Waals surface area (Å²) in [5, 5.41) is 8.11. The van der Waals surface area contributed by atoms with Gasteiger partial charge < -0.3 is 15.0 Å². The number of benzene rings is 1. The van der Waals surface area contributed by atoms with Crippen LogP contribution in [0.1, 0.15) is 12.5 Å². The van der Waals surface area contributed by atoms with Gasteiger partial charge in [-0.1, -0.05) is 12.1 Å². The number of hydrogen-bond acceptors (Lipinski definition) is 4. The first-order chi connectivity index (χ1) is 10.4. The second-order valence-corrected chi connectivity index (χ2v) is 6.54. The molecule has 0 saturated heterocycles. The number of sulfonamides is 1. The molecule has 0 bridgehead atoms. The van der Waals surface area contributed by atoms with E-state index in [-0.39, 0.29) is 12.3 Å². The van der Waals surface area contributed by atoms with E-state index in [4.69, 9.17) is 9.88 Å². The lowest BCUT2D eigenvalue weighted by atomic mass is 10.2. The van der Waals surface area contributed by atoms with E-state index in [9.17, 15) is 8.42 Å². The fraction of sp³-hybridized carbons (Fsp3) is 0.500. The molecule has 7 nitrogen and oxygen atoms in total. The van der Waals surface area contributed by atoms with Gasteiger partial charge in [-0.05, 0) is 24.6 Å². The number of aliphatic imine (C=N–C) groups is 1. The second kappa shape index (κ2) is 8.60. The van der Waals surface area contributed by atoms with E-state index in [0.717, 1.165) is 11.3 Å². The molecule has 124 valence electrons. The first-order valence-corrected chi connectivity index (χ1v) is 8.70. The highest BCUT2D eigenvalue weighted by Gasteiger charge is 2.08. The van der Waals surface area contributed by atoms with E-state index in [0.29, 0.717) is 19.0 Å². The summed E-state index contributed by atoms with van der Waals surface area (Å²) in [6.07, 6.45) is 0. The highest BCUT2D eigenvalue weighted by Crippen LogP contribution is 2.12. The molecule has 1 rings (SSSR count). The molecule has 1 aromatic carbocycles. The van der Waals surface area contributed by atoms with Gasteiger partial charge in [0.25, 0.3) is 0 Å². The first kappa shape index (κ1) is 18.2. The zero-order valence-corrected chi connectivity index (χ0v) is 14.1. The molecule has 0 amide bonds. The maximum atomic E-state index is 11.0. The Morgan fingerprint density at radius 2 is 2.00 bits per heavy atom. The molecule has 22 heavy (non-hydrogen) atoms. The summed E-state index contributed by atoms with van der Waals surface area (Å²) in [5.74, 6) is 1.28. The molecule has 0 aromatic heterocycles. The Balaban J connectivity index is 2.70. The maximum Gasteiger partial charge on any atom is 0.210 e. The second-order valence-electron chi connectivity index (χ2n) is 4.81. The molecule has 3 N–H and O–H groups in total. The molecule has 0 aliphatic heterocycles. The van der Waals surface area contributed by atoms with Crippen molar-refractivity contribution in [3.8, 4) is 5.75 Å². The number of nitrogens with one attached hydrogen (secondary N) is 1. The van der Waals surface area contributed by atoms with E-state index in [1.165, 1.54) is 0 Å². The predicted molar refractivity (Wildman–Crippen MR) is 88.4 cm³/mol. The summed E-state index contributed by atoms with van der Waals surface area (Å²) in [7, 11) is 0.0248. The van der Waals surface area contributed by atoms with Gasteiger partial charge in [0.2, 0.25) is 10.0 Å². The van der Waals surface area contributed by atoms with Crippen LogP contribution in [0.2, 0.25) is 0 Å². The van der Waals surface area contributed by atoms with E-state index in [2.05, 4.69) is 10.3 Å². The summed E-state index contributed by atoms with van der Waals surface area (Å²) in [5.41, 5.74) is 1.10. The largest absolute Gasteiger partial charge is 0.497 e. The van der Waals surface area contributed by atoms with Crippen molar-refractivity contribution in [3.63, 3.8) is 0 Å². The minimum atomic E-state index is -3.49. The molecule has 0 spiro atoms. The molecule has 8 heteroatoms. The third-order valence-electron chi connectivity index (χ3n) is 2.91. The summed E-state index contributed by atoms with van der Waals surface area (Å²) in [4.78, 5) is 6.20. The molecule has 0 radical (unpaired) electrons. The number of ether oxygens (including phenoxy) is 1. The van der Waals surface area contributed by atoms with Crippen LogP contribution in [0, 0.1) is 0 Å². The van der Waals surface area contributed by atoms with Crippen LogP contribution in [0.15, 0.2) is 29.3 Å². The van der Waals surface area contributed by atoms with Gasteiger partial charge in [-0.2, -0.15) is 0 Å². The zero-order chi connectivity index (χ0) is 16.6. The topological polar surface area (TPSA) is 97.0 Å². The van der Waals surface area contributed by atoms with Gasteiger partial charge in [0.05, 0.1) is 19.4 Å². The first-order valence-electron chi connectivity index (χ1n) is 6.98. The monoisotopic (exact) mass is 328 g/mol. The Bertz CT molecular complexity index is 585. The summed E-state index contributed by atoms with van der Waals surface area (Å²) in [6, 6.07) is 7.74. The Kier molecular flexibility index (Phi) is 7.13. The fourth-order valence-corrected chi connectivity index (χ4v) is 2.17. The van der Waals surface area contributed by atoms with Crippen molar-refractivity contribution >= 4 is 16.0 Å². The molecule has 0 unspecified atom stereocenters. The lowest BCUT2D eigenvalue weighted by molar-refractivity contribution is 0.414. The number of hydrogen-bond donors (Lipinski definition) is 2. The van der Waals surface area contributed by atoms with Crippen LogP contribution in [0.25, 0.3) is 0 Å². The molecule has 0 aliphatic carbocycles. The van der Waals surface area contributed by atoms with Crippen molar-refractivity contribution in [3.05, 3.63) is 29.8 Å². The Morgan fingerprint density at radius 1 is 1.36 bits per heavy atom. The summed E-state index contributed by atoms with van der Waals surface area (Å²) < 4.78 is 27.0. The molecule has 0 aliphatic rings. The smallest absolute Gasteiger partial charge is 0.210 e. The van der Waals surface area contributed by atoms with Crippen LogP contribution >= 0.6 is 0 Å². The Labute approximate surface area is 132 Å². The average molecular weight is 328 g/mol. The average Bonchev–Trinajstić information content (AvgIpc) is 2.46. The van der Waals surface area contributed by atoms with E-state index < -0.39 is 10.0 Å². The normalized spacial score (nSPS) is 12.1. The molecule has 1 aromatic rings. The number of rotatable bonds is 7. The van der Waals surface area contributed by atoms with Crippen LogP contribution in [-0.4, -0.2) is 52.3 Å². The Hall–Kier alpha value is -1.80. The predicted octanol–water partition coefficient (Wildman–Crippen LogP) is 0.381. The number of nitrogens with zero attached hydrogens (tertiary/aromatic N) is 2. The third-order valence-corrected chi connectivity index (χ3v) is 3.66. The van der Waals surface area contributed by atoms with Gasteiger partial charge in [0, 0.05) is 20.1 Å². The van der Waals surface area contributed by atoms with Crippen molar-refractivity contribution in [1.82, 2.24) is 10.2 Å². The standard InChI is InChI=1S/C14H24N4O3S/c1-4-16-14(17-9-10-22(15,19)20)18(2)11-12-5-7-13(21-3)8-6-12/h5-8H,4,9-11H2,1-3H3,(H,16,17)(H2,15,19,20). The van der Waals surface area contributed by atoms with Crippen molar-refractivity contribution in [2.24, 2.45) is 10.1 Å². The minimum absolute atomic E-state index is 0.133. The quantitative estimate of drug-likeness (QED) is 0.557. The molecule has 0 atom stereocenters. The van der Waals surface area contributed by atoms with Crippen molar-refractivity contribution < 1.29 is 13.2 Å². The number of guanidine groups is 1. The lowest BCUT2D eigenvalue weighted by Crippen LogP contribution is -2.39. The Morgan fingerprint density at radius 3 is 2.50 bits per heavy atom. The van der Waals surface area contributed by atoms with Gasteiger partial charge in [-0.25, -0.2) is 13.6 Å². The molecule has 0 saturated carbocycles. The van der Waals surface area contributed by atoms with Gasteiger partial charge in [-0.3, -0.25) is 4.99 Å². The van der Waals surface area contributed by atoms with Gasteiger partial charge in [0.15, 0.2) is 5.96 Å². The molecule has 0 heterocycles. The fourth-order valence-electron chi connectivity index (χ4n) is 1.83. The van der Waals surface area contributed by atoms with Crippen LogP contribution in [-0.2, 0) is 16.6 Å². The van der Waals surface area contributed by atoms with Gasteiger partial charge in [0.1, 0.15) is 5.75 Å². The number of nitrogens with two attached hydrogens (primary N) is 1. The molecular weight excluding hydrogens is 304 g/mol.